The van der Waals surface area contributed by atoms with Crippen molar-refractivity contribution >= 4 is 34.0 Å². The number of fused-ring (bicyclic) bond motifs is 2. The molecule has 0 saturated heterocycles. The van der Waals surface area contributed by atoms with Crippen LogP contribution in [0.5, 0.6) is 0 Å². The van der Waals surface area contributed by atoms with Gasteiger partial charge in [-0.3, -0.25) is 4.79 Å². The van der Waals surface area contributed by atoms with Crippen molar-refractivity contribution in [3.05, 3.63) is 96.8 Å². The minimum Gasteiger partial charge on any atom is -0.288 e. The van der Waals surface area contributed by atoms with Crippen LogP contribution in [0.2, 0.25) is 0 Å². The third kappa shape index (κ3) is 3.58. The van der Waals surface area contributed by atoms with Gasteiger partial charge in [0, 0.05) is 31.3 Å². The van der Waals surface area contributed by atoms with Crippen molar-refractivity contribution in [3.63, 3.8) is 0 Å². The van der Waals surface area contributed by atoms with Crippen molar-refractivity contribution in [1.29, 1.82) is 10.5 Å². The molecule has 2 aromatic carbocycles. The maximum Gasteiger partial charge on any atom is 0.205 e. The van der Waals surface area contributed by atoms with E-state index in [-0.39, 0.29) is 33.1 Å². The molecule has 4 aromatic rings. The first-order valence-electron chi connectivity index (χ1n) is 10.3. The van der Waals surface area contributed by atoms with Gasteiger partial charge >= 0.3 is 0 Å². The molecule has 0 saturated carbocycles. The lowest BCUT2D eigenvalue weighted by atomic mass is 9.88. The first-order chi connectivity index (χ1) is 18.8. The number of carbonyl (C=O) groups excluding carboxylic acids is 1. The van der Waals surface area contributed by atoms with Crippen molar-refractivity contribution < 1.29 is 48.7 Å². The van der Waals surface area contributed by atoms with Gasteiger partial charge in [0.1, 0.15) is 17.7 Å². The minimum absolute atomic E-state index is 0.221. The Labute approximate surface area is 223 Å². The second-order valence-electron chi connectivity index (χ2n) is 7.90. The van der Waals surface area contributed by atoms with Gasteiger partial charge < -0.3 is 0 Å². The van der Waals surface area contributed by atoms with Crippen LogP contribution in [0.3, 0.4) is 0 Å². The molecule has 1 aliphatic rings. The summed E-state index contributed by atoms with van der Waals surface area (Å²) in [6, 6.07) is 4.50. The Bertz CT molecular complexity index is 1770. The third-order valence-corrected chi connectivity index (χ3v) is 8.12. The second-order valence-corrected chi connectivity index (χ2v) is 10.0. The van der Waals surface area contributed by atoms with Crippen LogP contribution in [0.1, 0.15) is 25.7 Å². The fourth-order valence-corrected chi connectivity index (χ4v) is 6.41. The Morgan fingerprint density at radius 3 is 1.30 bits per heavy atom. The second kappa shape index (κ2) is 9.32. The summed E-state index contributed by atoms with van der Waals surface area (Å²) in [5.41, 5.74) is -4.83. The summed E-state index contributed by atoms with van der Waals surface area (Å²) in [7, 11) is 0. The molecule has 0 unspecified atom stereocenters. The molecular weight excluding hydrogens is 598 g/mol. The van der Waals surface area contributed by atoms with E-state index in [1.54, 1.807) is 0 Å². The highest BCUT2D eigenvalue weighted by Gasteiger charge is 2.37. The summed E-state index contributed by atoms with van der Waals surface area (Å²) in [5, 5.41) is 19.0. The van der Waals surface area contributed by atoms with E-state index in [1.807, 2.05) is 0 Å². The highest BCUT2D eigenvalue weighted by atomic mass is 32.1. The normalized spacial score (nSPS) is 12.2. The lowest BCUT2D eigenvalue weighted by Gasteiger charge is -2.14. The Hall–Kier alpha value is -4.47. The van der Waals surface area contributed by atoms with Gasteiger partial charge in [-0.2, -0.15) is 10.5 Å². The number of nitrogens with zero attached hydrogens (tertiary/aromatic N) is 2. The predicted molar refractivity (Wildman–Crippen MR) is 120 cm³/mol. The predicted octanol–water partition coefficient (Wildman–Crippen LogP) is 7.93. The molecule has 15 heteroatoms. The molecule has 0 aliphatic heterocycles. The molecule has 0 bridgehead atoms. The lowest BCUT2D eigenvalue weighted by molar-refractivity contribution is 0.104. The molecule has 0 atom stereocenters. The summed E-state index contributed by atoms with van der Waals surface area (Å²) in [6.45, 7) is 0. The van der Waals surface area contributed by atoms with Gasteiger partial charge in [-0.1, -0.05) is 0 Å². The number of carbonyl (C=O) groups is 1. The summed E-state index contributed by atoms with van der Waals surface area (Å²) < 4.78 is 140. The van der Waals surface area contributed by atoms with Crippen molar-refractivity contribution in [2.45, 2.75) is 0 Å². The van der Waals surface area contributed by atoms with E-state index in [2.05, 4.69) is 0 Å². The van der Waals surface area contributed by atoms with Crippen LogP contribution in [0.25, 0.3) is 26.5 Å². The number of thiophene rings is 2. The van der Waals surface area contributed by atoms with Gasteiger partial charge in [0.25, 0.3) is 0 Å². The van der Waals surface area contributed by atoms with E-state index in [0.717, 1.165) is 12.1 Å². The van der Waals surface area contributed by atoms with Gasteiger partial charge in [0.2, 0.25) is 17.4 Å². The molecule has 0 fully saturated rings. The smallest absolute Gasteiger partial charge is 0.205 e. The zero-order valence-electron chi connectivity index (χ0n) is 18.6. The molecular formula is C25H2F10N2OS2. The number of benzene rings is 2. The van der Waals surface area contributed by atoms with Crippen LogP contribution in [-0.4, -0.2) is 5.78 Å². The summed E-state index contributed by atoms with van der Waals surface area (Å²) in [4.78, 5) is 11.2. The largest absolute Gasteiger partial charge is 0.288 e. The summed E-state index contributed by atoms with van der Waals surface area (Å²) >= 11 is 0.484. The van der Waals surface area contributed by atoms with Crippen LogP contribution in [0, 0.1) is 80.8 Å². The van der Waals surface area contributed by atoms with Gasteiger partial charge in [-0.05, 0) is 12.1 Å². The lowest BCUT2D eigenvalue weighted by Crippen LogP contribution is -2.10. The molecule has 2 aromatic heterocycles. The highest BCUT2D eigenvalue weighted by molar-refractivity contribution is 7.19. The first kappa shape index (κ1) is 27.1. The zero-order valence-corrected chi connectivity index (χ0v) is 20.2. The number of ketones is 1. The molecule has 5 rings (SSSR count). The van der Waals surface area contributed by atoms with Crippen molar-refractivity contribution in [3.8, 4) is 33.0 Å². The van der Waals surface area contributed by atoms with Crippen LogP contribution >= 0.6 is 22.7 Å². The quantitative estimate of drug-likeness (QED) is 0.0895. The average Bonchev–Trinajstić information content (AvgIpc) is 3.57. The fourth-order valence-electron chi connectivity index (χ4n) is 4.01. The van der Waals surface area contributed by atoms with E-state index in [0.29, 0.717) is 0 Å². The van der Waals surface area contributed by atoms with Crippen LogP contribution in [0.15, 0.2) is 17.7 Å². The molecule has 0 spiro atoms. The molecule has 3 nitrogen and oxygen atoms in total. The van der Waals surface area contributed by atoms with E-state index < -0.39 is 106 Å². The maximum atomic E-state index is 14.5. The number of nitriles is 2. The number of hydrogen-bond donors (Lipinski definition) is 0. The Balaban J connectivity index is 1.80. The van der Waals surface area contributed by atoms with E-state index in [4.69, 9.17) is 0 Å². The van der Waals surface area contributed by atoms with E-state index >= 15 is 0 Å². The van der Waals surface area contributed by atoms with Crippen molar-refractivity contribution in [2.75, 3.05) is 0 Å². The Morgan fingerprint density at radius 2 is 0.900 bits per heavy atom. The molecule has 200 valence electrons. The Morgan fingerprint density at radius 1 is 0.550 bits per heavy atom. The van der Waals surface area contributed by atoms with Crippen LogP contribution in [-0.2, 0) is 0 Å². The van der Waals surface area contributed by atoms with Gasteiger partial charge in [0.05, 0.1) is 16.0 Å². The van der Waals surface area contributed by atoms with Crippen LogP contribution < -0.4 is 0 Å². The van der Waals surface area contributed by atoms with Gasteiger partial charge in [-0.25, -0.2) is 43.9 Å². The monoisotopic (exact) mass is 600 g/mol. The zero-order chi connectivity index (χ0) is 29.4. The molecule has 40 heavy (non-hydrogen) atoms. The van der Waals surface area contributed by atoms with Crippen molar-refractivity contribution in [1.82, 2.24) is 0 Å². The third-order valence-electron chi connectivity index (χ3n) is 5.80. The molecule has 0 radical (unpaired) electrons. The van der Waals surface area contributed by atoms with Gasteiger partial charge in [0.15, 0.2) is 46.5 Å². The first-order valence-corrected chi connectivity index (χ1v) is 11.9. The number of allylic oxidation sites excluding steroid dienone is 1. The highest BCUT2D eigenvalue weighted by Crippen LogP contribution is 2.50. The standard InChI is InChI=1S/C25H2F10N2OS2/c26-13-11(14(27)18(31)21(34)17(13)30)8-1-6-10(5(3-36)4-37)24-7(23(38)25(6)40-8)2-9(39-24)12-15(28)19(32)22(35)20(33)16(12)29/h1-2H. The van der Waals surface area contributed by atoms with Crippen molar-refractivity contribution in [2.24, 2.45) is 0 Å². The number of halogens is 10. The molecule has 1 aliphatic carbocycles. The molecule has 0 amide bonds. The Kier molecular flexibility index (Phi) is 6.32. The van der Waals surface area contributed by atoms with E-state index in [9.17, 15) is 59.2 Å². The average molecular weight is 600 g/mol. The molecule has 2 heterocycles. The van der Waals surface area contributed by atoms with Crippen LogP contribution in [0.4, 0.5) is 43.9 Å². The topological polar surface area (TPSA) is 64.7 Å². The molecule has 0 N–H and O–H groups in total. The number of rotatable bonds is 2. The summed E-state index contributed by atoms with van der Waals surface area (Å²) in [5.74, 6) is -23.9. The number of hydrogen-bond acceptors (Lipinski definition) is 5. The fraction of sp³-hybridized carbons (Fsp3) is 0. The van der Waals surface area contributed by atoms with Gasteiger partial charge in [-0.15, -0.1) is 22.7 Å². The summed E-state index contributed by atoms with van der Waals surface area (Å²) in [6.07, 6.45) is 0. The SMILES string of the molecule is N#CC(C#N)=C1c2cc(-c3c(F)c(F)c(F)c(F)c3F)sc2C(=O)c2cc(-c3c(F)c(F)c(F)c(F)c3F)sc21. The maximum absolute atomic E-state index is 14.5. The minimum atomic E-state index is -2.43. The van der Waals surface area contributed by atoms with E-state index in [1.165, 1.54) is 12.1 Å².